The largest absolute Gasteiger partial charge is 0.392 e. The van der Waals surface area contributed by atoms with Gasteiger partial charge in [-0.2, -0.15) is 0 Å². The molecule has 1 aliphatic rings. The lowest BCUT2D eigenvalue weighted by Crippen LogP contribution is -2.27. The van der Waals surface area contributed by atoms with Gasteiger partial charge >= 0.3 is 0 Å². The fourth-order valence-electron chi connectivity index (χ4n) is 2.82. The van der Waals surface area contributed by atoms with E-state index in [9.17, 15) is 9.50 Å². The zero-order chi connectivity index (χ0) is 13.2. The van der Waals surface area contributed by atoms with Crippen molar-refractivity contribution in [3.05, 3.63) is 23.6 Å². The molecule has 0 spiro atoms. The van der Waals surface area contributed by atoms with E-state index in [1.807, 2.05) is 0 Å². The van der Waals surface area contributed by atoms with Crippen molar-refractivity contribution in [1.29, 1.82) is 0 Å². The maximum Gasteiger partial charge on any atom is 0.142 e. The maximum absolute atomic E-state index is 13.1. The molecule has 0 saturated carbocycles. The fourth-order valence-corrected chi connectivity index (χ4v) is 2.82. The minimum atomic E-state index is -0.390. The van der Waals surface area contributed by atoms with E-state index >= 15 is 0 Å². The third-order valence-electron chi connectivity index (χ3n) is 4.32. The second kappa shape index (κ2) is 5.22. The van der Waals surface area contributed by atoms with Crippen molar-refractivity contribution >= 4 is 5.82 Å². The highest BCUT2D eigenvalue weighted by Gasteiger charge is 2.36. The van der Waals surface area contributed by atoms with Crippen LogP contribution in [0.3, 0.4) is 0 Å². The van der Waals surface area contributed by atoms with Crippen molar-refractivity contribution in [3.63, 3.8) is 0 Å². The van der Waals surface area contributed by atoms with Crippen LogP contribution in [-0.4, -0.2) is 23.2 Å². The summed E-state index contributed by atoms with van der Waals surface area (Å²) >= 11 is 0. The molecule has 0 aliphatic carbocycles. The number of pyridine rings is 1. The first-order valence-corrected chi connectivity index (χ1v) is 6.64. The van der Waals surface area contributed by atoms with E-state index in [1.165, 1.54) is 12.3 Å². The Morgan fingerprint density at radius 2 is 2.17 bits per heavy atom. The highest BCUT2D eigenvalue weighted by molar-refractivity contribution is 5.48. The third-order valence-corrected chi connectivity index (χ3v) is 4.32. The van der Waals surface area contributed by atoms with E-state index in [0.717, 1.165) is 38.2 Å². The van der Waals surface area contributed by atoms with Gasteiger partial charge in [-0.05, 0) is 30.7 Å². The highest BCUT2D eigenvalue weighted by atomic mass is 19.1. The number of hydrogen-bond donors (Lipinski definition) is 1. The van der Waals surface area contributed by atoms with Crippen LogP contribution in [0.1, 0.15) is 38.7 Å². The Balaban J connectivity index is 2.24. The average Bonchev–Trinajstić information content (AvgIpc) is 2.83. The van der Waals surface area contributed by atoms with Gasteiger partial charge in [-0.3, -0.25) is 0 Å². The summed E-state index contributed by atoms with van der Waals surface area (Å²) in [5.74, 6) is 0.349. The Morgan fingerprint density at radius 1 is 1.44 bits per heavy atom. The summed E-state index contributed by atoms with van der Waals surface area (Å²) in [4.78, 5) is 6.33. The number of aliphatic hydroxyl groups excluding tert-OH is 1. The third kappa shape index (κ3) is 2.34. The van der Waals surface area contributed by atoms with Crippen LogP contribution in [0.15, 0.2) is 12.3 Å². The molecule has 18 heavy (non-hydrogen) atoms. The van der Waals surface area contributed by atoms with Gasteiger partial charge in [0, 0.05) is 18.7 Å². The molecular weight excluding hydrogens is 231 g/mol. The van der Waals surface area contributed by atoms with Gasteiger partial charge in [0.1, 0.15) is 11.6 Å². The molecule has 0 atom stereocenters. The van der Waals surface area contributed by atoms with Gasteiger partial charge in [0.15, 0.2) is 0 Å². The number of halogens is 1. The lowest BCUT2D eigenvalue weighted by molar-refractivity contribution is 0.280. The van der Waals surface area contributed by atoms with Gasteiger partial charge in [-0.1, -0.05) is 13.8 Å². The summed E-state index contributed by atoms with van der Waals surface area (Å²) in [6.45, 7) is 6.16. The number of aromatic nitrogens is 1. The summed E-state index contributed by atoms with van der Waals surface area (Å²) in [6.07, 6.45) is 4.67. The van der Waals surface area contributed by atoms with Crippen LogP contribution in [0.5, 0.6) is 0 Å². The normalized spacial score (nSPS) is 18.3. The van der Waals surface area contributed by atoms with Gasteiger partial charge in [-0.15, -0.1) is 0 Å². The second-order valence-electron chi connectivity index (χ2n) is 5.17. The molecule has 3 nitrogen and oxygen atoms in total. The minimum Gasteiger partial charge on any atom is -0.392 e. The summed E-state index contributed by atoms with van der Waals surface area (Å²) in [5.41, 5.74) is 0.931. The number of anilines is 1. The van der Waals surface area contributed by atoms with Gasteiger partial charge in [-0.25, -0.2) is 9.37 Å². The minimum absolute atomic E-state index is 0.165. The summed E-state index contributed by atoms with van der Waals surface area (Å²) in [6, 6.07) is 1.38. The van der Waals surface area contributed by atoms with Gasteiger partial charge in [0.2, 0.25) is 0 Å². The highest BCUT2D eigenvalue weighted by Crippen LogP contribution is 2.39. The van der Waals surface area contributed by atoms with Crippen LogP contribution >= 0.6 is 0 Å². The van der Waals surface area contributed by atoms with Gasteiger partial charge in [0.25, 0.3) is 0 Å². The first-order chi connectivity index (χ1) is 8.64. The molecule has 0 aromatic carbocycles. The zero-order valence-electron chi connectivity index (χ0n) is 11.1. The zero-order valence-corrected chi connectivity index (χ0v) is 11.1. The van der Waals surface area contributed by atoms with Crippen LogP contribution in [0, 0.1) is 11.2 Å². The second-order valence-corrected chi connectivity index (χ2v) is 5.17. The van der Waals surface area contributed by atoms with Crippen molar-refractivity contribution in [2.24, 2.45) is 5.41 Å². The standard InChI is InChI=1S/C14H21FN2O/c1-3-14(4-2)5-6-17(10-14)13-11(9-18)7-12(15)8-16-13/h7-8,18H,3-6,9-10H2,1-2H3. The molecule has 1 aliphatic heterocycles. The monoisotopic (exact) mass is 252 g/mol. The van der Waals surface area contributed by atoms with Gasteiger partial charge < -0.3 is 10.0 Å². The molecule has 0 amide bonds. The van der Waals surface area contributed by atoms with Crippen molar-refractivity contribution < 1.29 is 9.50 Å². The van der Waals surface area contributed by atoms with Crippen LogP contribution in [0.25, 0.3) is 0 Å². The molecule has 1 saturated heterocycles. The first-order valence-electron chi connectivity index (χ1n) is 6.64. The SMILES string of the molecule is CCC1(CC)CCN(c2ncc(F)cc2CO)C1. The fraction of sp³-hybridized carbons (Fsp3) is 0.643. The topological polar surface area (TPSA) is 36.4 Å². The molecule has 0 radical (unpaired) electrons. The molecule has 1 fully saturated rings. The van der Waals surface area contributed by atoms with Crippen LogP contribution < -0.4 is 4.90 Å². The maximum atomic E-state index is 13.1. The van der Waals surface area contributed by atoms with Crippen molar-refractivity contribution in [2.45, 2.75) is 39.7 Å². The Bertz CT molecular complexity index is 418. The van der Waals surface area contributed by atoms with Crippen molar-refractivity contribution in [3.8, 4) is 0 Å². The average molecular weight is 252 g/mol. The van der Waals surface area contributed by atoms with E-state index < -0.39 is 0 Å². The number of hydrogen-bond acceptors (Lipinski definition) is 3. The quantitative estimate of drug-likeness (QED) is 0.895. The predicted octanol–water partition coefficient (Wildman–Crippen LogP) is 2.73. The summed E-state index contributed by atoms with van der Waals surface area (Å²) in [7, 11) is 0. The van der Waals surface area contributed by atoms with Crippen LogP contribution in [0.4, 0.5) is 10.2 Å². The van der Waals surface area contributed by atoms with E-state index in [2.05, 4.69) is 23.7 Å². The Labute approximate surface area is 108 Å². The number of aliphatic hydroxyl groups is 1. The molecule has 0 unspecified atom stereocenters. The van der Waals surface area contributed by atoms with E-state index in [4.69, 9.17) is 0 Å². The molecule has 2 heterocycles. The molecule has 2 rings (SSSR count). The number of nitrogens with zero attached hydrogens (tertiary/aromatic N) is 2. The Morgan fingerprint density at radius 3 is 2.72 bits per heavy atom. The first kappa shape index (κ1) is 13.3. The van der Waals surface area contributed by atoms with Crippen molar-refractivity contribution in [2.75, 3.05) is 18.0 Å². The summed E-state index contributed by atoms with van der Waals surface area (Å²) in [5, 5.41) is 9.31. The van der Waals surface area contributed by atoms with Crippen LogP contribution in [0.2, 0.25) is 0 Å². The van der Waals surface area contributed by atoms with Crippen molar-refractivity contribution in [1.82, 2.24) is 4.98 Å². The molecule has 1 aromatic rings. The summed E-state index contributed by atoms with van der Waals surface area (Å²) < 4.78 is 13.1. The molecule has 1 N–H and O–H groups in total. The van der Waals surface area contributed by atoms with Gasteiger partial charge in [0.05, 0.1) is 12.8 Å². The molecule has 4 heteroatoms. The lowest BCUT2D eigenvalue weighted by Gasteiger charge is -2.27. The van der Waals surface area contributed by atoms with E-state index in [0.29, 0.717) is 11.0 Å². The molecule has 1 aromatic heterocycles. The number of rotatable bonds is 4. The molecule has 0 bridgehead atoms. The van der Waals surface area contributed by atoms with E-state index in [1.54, 1.807) is 0 Å². The van der Waals surface area contributed by atoms with E-state index in [-0.39, 0.29) is 12.4 Å². The van der Waals surface area contributed by atoms with Crippen LogP contribution in [-0.2, 0) is 6.61 Å². The predicted molar refractivity (Wildman–Crippen MR) is 70.0 cm³/mol. The Kier molecular flexibility index (Phi) is 3.85. The smallest absolute Gasteiger partial charge is 0.142 e. The Hall–Kier alpha value is -1.16. The molecule has 100 valence electrons. The molecular formula is C14H21FN2O. The lowest BCUT2D eigenvalue weighted by atomic mass is 9.82.